The number of amides is 1. The number of fused-ring (bicyclic) bond motifs is 1. The molecule has 2 heterocycles. The Bertz CT molecular complexity index is 1000. The molecule has 2 aromatic heterocycles. The zero-order valence-corrected chi connectivity index (χ0v) is 13.1. The van der Waals surface area contributed by atoms with Crippen LogP contribution in [0.15, 0.2) is 54.6 Å². The number of carbonyl (C=O) groups is 1. The maximum atomic E-state index is 12.3. The molecule has 24 heavy (non-hydrogen) atoms. The molecule has 2 aromatic carbocycles. The second-order valence-electron chi connectivity index (χ2n) is 5.20. The number of aromatic amines is 2. The largest absolute Gasteiger partial charge is 0.324 e. The third-order valence-electron chi connectivity index (χ3n) is 3.59. The number of benzene rings is 2. The zero-order chi connectivity index (χ0) is 16.5. The number of nitrogens with zero attached hydrogens (tertiary/aromatic N) is 2. The first-order valence-corrected chi connectivity index (χ1v) is 7.65. The van der Waals surface area contributed by atoms with Crippen molar-refractivity contribution in [2.75, 3.05) is 5.32 Å². The molecule has 4 aromatic rings. The molecule has 0 radical (unpaired) electrons. The lowest BCUT2D eigenvalue weighted by Gasteiger charge is -1.98. The molecule has 0 fully saturated rings. The molecule has 0 bridgehead atoms. The molecule has 0 unspecified atom stereocenters. The quantitative estimate of drug-likeness (QED) is 0.530. The Labute approximate surface area is 141 Å². The zero-order valence-electron chi connectivity index (χ0n) is 12.4. The standard InChI is InChI=1S/C17H12ClN5O/c18-11-6-2-1-5-10(11)14-9-15(23-22-14)16(24)21-17-19-12-7-3-4-8-13(12)20-17/h1-9H,(H,22,23)(H2,19,20,21,24). The van der Waals surface area contributed by atoms with Gasteiger partial charge in [0.1, 0.15) is 5.69 Å². The summed E-state index contributed by atoms with van der Waals surface area (Å²) in [5.74, 6) is 0.0509. The minimum absolute atomic E-state index is 0.324. The van der Waals surface area contributed by atoms with Crippen LogP contribution in [0.25, 0.3) is 22.3 Å². The number of nitrogens with one attached hydrogen (secondary N) is 3. The summed E-state index contributed by atoms with van der Waals surface area (Å²) in [6, 6.07) is 16.5. The molecule has 0 spiro atoms. The number of para-hydroxylation sites is 2. The number of hydrogen-bond acceptors (Lipinski definition) is 3. The van der Waals surface area contributed by atoms with Crippen LogP contribution in [0.3, 0.4) is 0 Å². The SMILES string of the molecule is O=C(Nc1nc2ccccc2[nH]1)c1cc(-c2ccccc2Cl)n[nH]1. The minimum Gasteiger partial charge on any atom is -0.324 e. The number of H-pyrrole nitrogens is 2. The monoisotopic (exact) mass is 337 g/mol. The van der Waals surface area contributed by atoms with Crippen molar-refractivity contribution >= 4 is 34.5 Å². The number of aromatic nitrogens is 4. The fourth-order valence-corrected chi connectivity index (χ4v) is 2.66. The van der Waals surface area contributed by atoms with Crippen LogP contribution in [-0.2, 0) is 0 Å². The molecule has 4 rings (SSSR count). The Morgan fingerprint density at radius 2 is 1.88 bits per heavy atom. The van der Waals surface area contributed by atoms with Gasteiger partial charge in [-0.2, -0.15) is 5.10 Å². The van der Waals surface area contributed by atoms with Gasteiger partial charge in [-0.15, -0.1) is 0 Å². The van der Waals surface area contributed by atoms with Crippen molar-refractivity contribution < 1.29 is 4.79 Å². The molecule has 3 N–H and O–H groups in total. The molecule has 118 valence electrons. The lowest BCUT2D eigenvalue weighted by Crippen LogP contribution is -2.13. The fraction of sp³-hybridized carbons (Fsp3) is 0. The maximum absolute atomic E-state index is 12.3. The Morgan fingerprint density at radius 3 is 2.71 bits per heavy atom. The molecule has 0 atom stereocenters. The smallest absolute Gasteiger partial charge is 0.275 e. The van der Waals surface area contributed by atoms with E-state index in [0.717, 1.165) is 16.6 Å². The number of carbonyl (C=O) groups excluding carboxylic acids is 1. The Morgan fingerprint density at radius 1 is 1.08 bits per heavy atom. The van der Waals surface area contributed by atoms with E-state index in [1.165, 1.54) is 0 Å². The average Bonchev–Trinajstić information content (AvgIpc) is 3.21. The molecule has 0 saturated heterocycles. The third kappa shape index (κ3) is 2.63. The van der Waals surface area contributed by atoms with Crippen LogP contribution in [-0.4, -0.2) is 26.1 Å². The highest BCUT2D eigenvalue weighted by atomic mass is 35.5. The first-order valence-electron chi connectivity index (χ1n) is 7.27. The predicted octanol–water partition coefficient (Wildman–Crippen LogP) is 3.86. The second kappa shape index (κ2) is 5.82. The number of imidazole rings is 1. The van der Waals surface area contributed by atoms with Crippen molar-refractivity contribution in [1.82, 2.24) is 20.2 Å². The van der Waals surface area contributed by atoms with Crippen molar-refractivity contribution in [2.24, 2.45) is 0 Å². The Balaban J connectivity index is 1.58. The van der Waals surface area contributed by atoms with Crippen molar-refractivity contribution in [3.05, 3.63) is 65.3 Å². The maximum Gasteiger partial charge on any atom is 0.275 e. The van der Waals surface area contributed by atoms with E-state index in [4.69, 9.17) is 11.6 Å². The van der Waals surface area contributed by atoms with Crippen LogP contribution in [0.5, 0.6) is 0 Å². The molecular weight excluding hydrogens is 326 g/mol. The summed E-state index contributed by atoms with van der Waals surface area (Å²) in [6.07, 6.45) is 0. The number of hydrogen-bond donors (Lipinski definition) is 3. The van der Waals surface area contributed by atoms with E-state index in [1.54, 1.807) is 12.1 Å². The van der Waals surface area contributed by atoms with Crippen LogP contribution in [0.2, 0.25) is 5.02 Å². The van der Waals surface area contributed by atoms with Gasteiger partial charge in [0, 0.05) is 5.56 Å². The predicted molar refractivity (Wildman–Crippen MR) is 93.1 cm³/mol. The van der Waals surface area contributed by atoms with Crippen LogP contribution in [0, 0.1) is 0 Å². The van der Waals surface area contributed by atoms with Crippen molar-refractivity contribution in [3.8, 4) is 11.3 Å². The summed E-state index contributed by atoms with van der Waals surface area (Å²) in [5, 5.41) is 10.2. The molecule has 0 aliphatic heterocycles. The Kier molecular flexibility index (Phi) is 3.51. The average molecular weight is 338 g/mol. The van der Waals surface area contributed by atoms with Gasteiger partial charge >= 0.3 is 0 Å². The van der Waals surface area contributed by atoms with Crippen LogP contribution < -0.4 is 5.32 Å². The molecule has 7 heteroatoms. The van der Waals surface area contributed by atoms with E-state index < -0.39 is 0 Å². The first-order chi connectivity index (χ1) is 11.7. The molecule has 0 aliphatic rings. The van der Waals surface area contributed by atoms with Gasteiger partial charge in [0.15, 0.2) is 0 Å². The van der Waals surface area contributed by atoms with Crippen molar-refractivity contribution in [3.63, 3.8) is 0 Å². The highest BCUT2D eigenvalue weighted by Gasteiger charge is 2.14. The molecule has 6 nitrogen and oxygen atoms in total. The van der Waals surface area contributed by atoms with Gasteiger partial charge < -0.3 is 4.98 Å². The van der Waals surface area contributed by atoms with Gasteiger partial charge in [0.2, 0.25) is 5.95 Å². The van der Waals surface area contributed by atoms with Gasteiger partial charge in [-0.05, 0) is 24.3 Å². The second-order valence-corrected chi connectivity index (χ2v) is 5.61. The normalized spacial score (nSPS) is 10.9. The summed E-state index contributed by atoms with van der Waals surface area (Å²) < 4.78 is 0. The Hall–Kier alpha value is -3.12. The summed E-state index contributed by atoms with van der Waals surface area (Å²) >= 11 is 6.15. The fourth-order valence-electron chi connectivity index (χ4n) is 2.43. The minimum atomic E-state index is -0.333. The number of rotatable bonds is 3. The summed E-state index contributed by atoms with van der Waals surface area (Å²) in [5.41, 5.74) is 3.34. The van der Waals surface area contributed by atoms with E-state index >= 15 is 0 Å². The summed E-state index contributed by atoms with van der Waals surface area (Å²) in [7, 11) is 0. The first kappa shape index (κ1) is 14.5. The van der Waals surface area contributed by atoms with Gasteiger partial charge in [0.25, 0.3) is 5.91 Å². The lowest BCUT2D eigenvalue weighted by atomic mass is 10.1. The number of halogens is 1. The summed E-state index contributed by atoms with van der Waals surface area (Å²) in [4.78, 5) is 19.7. The highest BCUT2D eigenvalue weighted by Crippen LogP contribution is 2.26. The summed E-state index contributed by atoms with van der Waals surface area (Å²) in [6.45, 7) is 0. The van der Waals surface area contributed by atoms with E-state index in [1.807, 2.05) is 42.5 Å². The van der Waals surface area contributed by atoms with E-state index in [-0.39, 0.29) is 5.91 Å². The topological polar surface area (TPSA) is 86.5 Å². The molecular formula is C17H12ClN5O. The number of anilines is 1. The van der Waals surface area contributed by atoms with Gasteiger partial charge in [-0.25, -0.2) is 4.98 Å². The van der Waals surface area contributed by atoms with E-state index in [9.17, 15) is 4.79 Å². The van der Waals surface area contributed by atoms with Crippen LogP contribution in [0.1, 0.15) is 10.5 Å². The molecule has 0 aliphatic carbocycles. The van der Waals surface area contributed by atoms with Crippen LogP contribution >= 0.6 is 11.6 Å². The van der Waals surface area contributed by atoms with Gasteiger partial charge in [-0.3, -0.25) is 15.2 Å². The highest BCUT2D eigenvalue weighted by molar-refractivity contribution is 6.33. The lowest BCUT2D eigenvalue weighted by molar-refractivity contribution is 0.102. The third-order valence-corrected chi connectivity index (χ3v) is 3.92. The van der Waals surface area contributed by atoms with Crippen molar-refractivity contribution in [2.45, 2.75) is 0 Å². The van der Waals surface area contributed by atoms with E-state index in [2.05, 4.69) is 25.5 Å². The van der Waals surface area contributed by atoms with Gasteiger partial charge in [0.05, 0.1) is 21.7 Å². The van der Waals surface area contributed by atoms with Crippen molar-refractivity contribution in [1.29, 1.82) is 0 Å². The van der Waals surface area contributed by atoms with Crippen LogP contribution in [0.4, 0.5) is 5.95 Å². The van der Waals surface area contributed by atoms with E-state index in [0.29, 0.717) is 22.4 Å². The molecule has 0 saturated carbocycles. The van der Waals surface area contributed by atoms with Gasteiger partial charge in [-0.1, -0.05) is 41.9 Å². The molecule has 1 amide bonds.